The molecule has 3 aromatic rings. The number of aliphatic hydroxyl groups is 1. The Morgan fingerprint density at radius 1 is 1.18 bits per heavy atom. The van der Waals surface area contributed by atoms with Crippen molar-refractivity contribution in [3.8, 4) is 17.6 Å². The van der Waals surface area contributed by atoms with Crippen molar-refractivity contribution in [2.75, 3.05) is 26.7 Å². The monoisotopic (exact) mass is 537 g/mol. The number of hydrogen-bond acceptors (Lipinski definition) is 6. The fraction of sp³-hybridized carbons (Fsp3) is 0.345. The van der Waals surface area contributed by atoms with Crippen LogP contribution in [0.5, 0.6) is 5.75 Å². The molecule has 0 spiro atoms. The van der Waals surface area contributed by atoms with Gasteiger partial charge in [-0.1, -0.05) is 31.0 Å². The number of halogens is 1. The van der Waals surface area contributed by atoms with E-state index in [9.17, 15) is 17.9 Å². The molecule has 1 aliphatic rings. The Morgan fingerprint density at radius 2 is 1.95 bits per heavy atom. The van der Waals surface area contributed by atoms with E-state index in [0.29, 0.717) is 24.3 Å². The molecule has 2 heterocycles. The van der Waals surface area contributed by atoms with Crippen molar-refractivity contribution >= 4 is 10.0 Å². The zero-order valence-corrected chi connectivity index (χ0v) is 22.5. The molecular weight excluding hydrogens is 505 g/mol. The first-order chi connectivity index (χ1) is 18.2. The lowest BCUT2D eigenvalue weighted by Crippen LogP contribution is -2.49. The van der Waals surface area contributed by atoms with Gasteiger partial charge < -0.3 is 9.84 Å². The van der Waals surface area contributed by atoms with Crippen molar-refractivity contribution in [1.29, 1.82) is 0 Å². The van der Waals surface area contributed by atoms with Gasteiger partial charge in [0.25, 0.3) is 0 Å². The topological polar surface area (TPSA) is 83.0 Å². The molecule has 0 saturated heterocycles. The van der Waals surface area contributed by atoms with Crippen molar-refractivity contribution < 1.29 is 22.7 Å². The molecule has 0 amide bonds. The van der Waals surface area contributed by atoms with Crippen LogP contribution in [0.4, 0.5) is 4.39 Å². The first-order valence-corrected chi connectivity index (χ1v) is 13.9. The molecule has 200 valence electrons. The van der Waals surface area contributed by atoms with E-state index in [-0.39, 0.29) is 41.6 Å². The molecule has 0 radical (unpaired) electrons. The third-order valence-corrected chi connectivity index (χ3v) is 8.54. The Morgan fingerprint density at radius 3 is 2.63 bits per heavy atom. The minimum absolute atomic E-state index is 0.0410. The van der Waals surface area contributed by atoms with Gasteiger partial charge in [0.1, 0.15) is 28.3 Å². The molecule has 0 bridgehead atoms. The maximum atomic E-state index is 13.7. The number of ether oxygens (including phenoxy) is 1. The molecule has 1 N–H and O–H groups in total. The summed E-state index contributed by atoms with van der Waals surface area (Å²) in [5, 5.41) is 9.84. The zero-order valence-electron chi connectivity index (χ0n) is 21.7. The summed E-state index contributed by atoms with van der Waals surface area (Å²) in [5.74, 6) is 5.78. The summed E-state index contributed by atoms with van der Waals surface area (Å²) in [6, 6.07) is 16.0. The van der Waals surface area contributed by atoms with Gasteiger partial charge >= 0.3 is 0 Å². The van der Waals surface area contributed by atoms with Gasteiger partial charge in [-0.05, 0) is 67.9 Å². The summed E-state index contributed by atoms with van der Waals surface area (Å²) in [4.78, 5) is 6.31. The molecule has 9 heteroatoms. The second-order valence-electron chi connectivity index (χ2n) is 9.69. The van der Waals surface area contributed by atoms with Gasteiger partial charge in [0, 0.05) is 43.4 Å². The second-order valence-corrected chi connectivity index (χ2v) is 11.5. The standard InChI is InChI=1S/C29H32FN3O4S/c1-21-17-33(22(2)20-34)38(35,36)29-14-10-23(9-13-26-6-4-5-15-31-26)16-27(29)37-28(21)19-32(3)18-24-7-11-25(30)12-8-24/h4-8,10-12,14-16,21-22,28,34H,17-20H2,1-3H3/t21-,22+,28-/m0/s1. The molecule has 0 unspecified atom stereocenters. The largest absolute Gasteiger partial charge is 0.487 e. The SMILES string of the molecule is C[C@H](CO)N1C[C@H](C)[C@H](CN(C)Cc2ccc(F)cc2)Oc2cc(C#Cc3ccccn3)ccc2S1(=O)=O. The number of fused-ring (bicyclic) bond motifs is 1. The lowest BCUT2D eigenvalue weighted by atomic mass is 10.0. The molecule has 1 aliphatic heterocycles. The number of likely N-dealkylation sites (N-methyl/N-ethyl adjacent to an activating group) is 1. The zero-order chi connectivity index (χ0) is 27.3. The van der Waals surface area contributed by atoms with E-state index in [1.165, 1.54) is 22.5 Å². The summed E-state index contributed by atoms with van der Waals surface area (Å²) in [6.45, 7) is 4.60. The summed E-state index contributed by atoms with van der Waals surface area (Å²) in [7, 11) is -1.99. The van der Waals surface area contributed by atoms with Gasteiger partial charge in [-0.2, -0.15) is 4.31 Å². The minimum Gasteiger partial charge on any atom is -0.487 e. The molecular formula is C29H32FN3O4S. The van der Waals surface area contributed by atoms with E-state index in [0.717, 1.165) is 5.56 Å². The van der Waals surface area contributed by atoms with Crippen molar-refractivity contribution in [3.05, 3.63) is 89.5 Å². The Labute approximate surface area is 223 Å². The summed E-state index contributed by atoms with van der Waals surface area (Å²) in [5.41, 5.74) is 2.15. The molecule has 4 rings (SSSR count). The van der Waals surface area contributed by atoms with E-state index in [1.54, 1.807) is 43.5 Å². The van der Waals surface area contributed by atoms with Crippen molar-refractivity contribution in [2.45, 2.75) is 37.4 Å². The molecule has 0 fully saturated rings. The molecule has 7 nitrogen and oxygen atoms in total. The average molecular weight is 538 g/mol. The van der Waals surface area contributed by atoms with Crippen LogP contribution in [0, 0.1) is 23.6 Å². The van der Waals surface area contributed by atoms with Crippen LogP contribution >= 0.6 is 0 Å². The lowest BCUT2D eigenvalue weighted by molar-refractivity contribution is 0.0733. The number of pyridine rings is 1. The number of benzene rings is 2. The summed E-state index contributed by atoms with van der Waals surface area (Å²) < 4.78 is 48.4. The van der Waals surface area contributed by atoms with Crippen molar-refractivity contribution in [3.63, 3.8) is 0 Å². The van der Waals surface area contributed by atoms with Crippen LogP contribution in [0.2, 0.25) is 0 Å². The van der Waals surface area contributed by atoms with Gasteiger partial charge in [0.15, 0.2) is 0 Å². The fourth-order valence-corrected chi connectivity index (χ4v) is 6.19. The third kappa shape index (κ3) is 6.58. The number of aromatic nitrogens is 1. The van der Waals surface area contributed by atoms with Crippen LogP contribution in [0.1, 0.15) is 30.7 Å². The van der Waals surface area contributed by atoms with Gasteiger partial charge in [-0.3, -0.25) is 4.90 Å². The highest BCUT2D eigenvalue weighted by Gasteiger charge is 2.38. The third-order valence-electron chi connectivity index (χ3n) is 6.52. The number of hydrogen-bond donors (Lipinski definition) is 1. The van der Waals surface area contributed by atoms with E-state index >= 15 is 0 Å². The summed E-state index contributed by atoms with van der Waals surface area (Å²) in [6.07, 6.45) is 1.30. The quantitative estimate of drug-likeness (QED) is 0.485. The van der Waals surface area contributed by atoms with Gasteiger partial charge in [0.05, 0.1) is 6.61 Å². The van der Waals surface area contributed by atoms with Crippen LogP contribution < -0.4 is 4.74 Å². The first-order valence-electron chi connectivity index (χ1n) is 12.5. The first kappa shape index (κ1) is 27.7. The normalized spacial score (nSPS) is 19.8. The number of aliphatic hydroxyl groups excluding tert-OH is 1. The van der Waals surface area contributed by atoms with Gasteiger partial charge in [-0.25, -0.2) is 17.8 Å². The highest BCUT2D eigenvalue weighted by molar-refractivity contribution is 7.89. The maximum absolute atomic E-state index is 13.7. The molecule has 38 heavy (non-hydrogen) atoms. The predicted octanol–water partition coefficient (Wildman–Crippen LogP) is 3.52. The van der Waals surface area contributed by atoms with Gasteiger partial charge in [0.2, 0.25) is 10.0 Å². The molecule has 0 saturated carbocycles. The van der Waals surface area contributed by atoms with Gasteiger partial charge in [-0.15, -0.1) is 0 Å². The Hall–Kier alpha value is -3.29. The van der Waals surface area contributed by atoms with Crippen LogP contribution in [0.3, 0.4) is 0 Å². The molecule has 1 aromatic heterocycles. The lowest BCUT2D eigenvalue weighted by Gasteiger charge is -2.37. The highest BCUT2D eigenvalue weighted by atomic mass is 32.2. The van der Waals surface area contributed by atoms with E-state index in [1.807, 2.05) is 26.1 Å². The number of nitrogens with zero attached hydrogens (tertiary/aromatic N) is 3. The minimum atomic E-state index is -3.94. The van der Waals surface area contributed by atoms with Crippen LogP contribution in [0.25, 0.3) is 0 Å². The summed E-state index contributed by atoms with van der Waals surface area (Å²) >= 11 is 0. The molecule has 3 atom stereocenters. The second kappa shape index (κ2) is 12.0. The van der Waals surface area contributed by atoms with E-state index in [4.69, 9.17) is 4.74 Å². The van der Waals surface area contributed by atoms with Crippen molar-refractivity contribution in [1.82, 2.24) is 14.2 Å². The maximum Gasteiger partial charge on any atom is 0.247 e. The van der Waals surface area contributed by atoms with Crippen molar-refractivity contribution in [2.24, 2.45) is 5.92 Å². The molecule has 0 aliphatic carbocycles. The smallest absolute Gasteiger partial charge is 0.247 e. The fourth-order valence-electron chi connectivity index (χ4n) is 4.37. The van der Waals surface area contributed by atoms with E-state index < -0.39 is 16.1 Å². The van der Waals surface area contributed by atoms with Crippen LogP contribution in [0.15, 0.2) is 71.8 Å². The van der Waals surface area contributed by atoms with Crippen LogP contribution in [-0.4, -0.2) is 66.6 Å². The predicted molar refractivity (Wildman–Crippen MR) is 143 cm³/mol. The highest BCUT2D eigenvalue weighted by Crippen LogP contribution is 2.34. The molecule has 2 aromatic carbocycles. The number of sulfonamides is 1. The van der Waals surface area contributed by atoms with Crippen LogP contribution in [-0.2, 0) is 16.6 Å². The Bertz CT molecular complexity index is 1410. The Kier molecular flexibility index (Phi) is 8.80. The Balaban J connectivity index is 1.68. The van der Waals surface area contributed by atoms with E-state index in [2.05, 4.69) is 21.7 Å². The number of rotatable bonds is 6. The average Bonchev–Trinajstić information content (AvgIpc) is 2.91.